The van der Waals surface area contributed by atoms with Crippen molar-refractivity contribution in [1.29, 1.82) is 0 Å². The van der Waals surface area contributed by atoms with Gasteiger partial charge in [-0.2, -0.15) is 4.94 Å². The Bertz CT molecular complexity index is 85.5. The molecule has 54 valence electrons. The van der Waals surface area contributed by atoms with Crippen molar-refractivity contribution in [3.8, 4) is 0 Å². The van der Waals surface area contributed by atoms with Crippen molar-refractivity contribution in [2.24, 2.45) is 5.41 Å². The second-order valence-corrected chi connectivity index (χ2v) is 2.60. The molecule has 1 aliphatic rings. The Kier molecular flexibility index (Phi) is 2.03. The molecular weight excluding hydrogens is 123 g/mol. The summed E-state index contributed by atoms with van der Waals surface area (Å²) in [5, 5.41) is 0. The second kappa shape index (κ2) is 2.62. The van der Waals surface area contributed by atoms with E-state index in [-0.39, 0.29) is 12.0 Å². The number of halogens is 1. The lowest BCUT2D eigenvalue weighted by atomic mass is 9.84. The van der Waals surface area contributed by atoms with Crippen LogP contribution in [-0.2, 0) is 9.68 Å². The van der Waals surface area contributed by atoms with E-state index in [1.165, 1.54) is 0 Å². The van der Waals surface area contributed by atoms with E-state index >= 15 is 0 Å². The molecular formula is C6H11FO2. The van der Waals surface area contributed by atoms with Crippen LogP contribution in [0.3, 0.4) is 0 Å². The first-order valence-corrected chi connectivity index (χ1v) is 3.14. The van der Waals surface area contributed by atoms with Gasteiger partial charge in [0, 0.05) is 5.41 Å². The number of rotatable bonds is 3. The van der Waals surface area contributed by atoms with E-state index in [1.807, 2.05) is 6.92 Å². The highest BCUT2D eigenvalue weighted by Crippen LogP contribution is 2.31. The zero-order valence-corrected chi connectivity index (χ0v) is 5.52. The Morgan fingerprint density at radius 2 is 2.33 bits per heavy atom. The number of hydrogen-bond acceptors (Lipinski definition) is 2. The van der Waals surface area contributed by atoms with Gasteiger partial charge in [0.2, 0.25) is 0 Å². The van der Waals surface area contributed by atoms with Crippen LogP contribution in [0.5, 0.6) is 0 Å². The van der Waals surface area contributed by atoms with Gasteiger partial charge in [0.25, 0.3) is 0 Å². The topological polar surface area (TPSA) is 18.5 Å². The summed E-state index contributed by atoms with van der Waals surface area (Å²) in [4.78, 5) is 3.56. The van der Waals surface area contributed by atoms with Gasteiger partial charge in [-0.3, -0.25) is 0 Å². The van der Waals surface area contributed by atoms with Crippen molar-refractivity contribution >= 4 is 0 Å². The minimum atomic E-state index is -0.00521. The van der Waals surface area contributed by atoms with Gasteiger partial charge in [0.05, 0.1) is 19.8 Å². The minimum absolute atomic E-state index is 0.00521. The molecule has 1 heterocycles. The average Bonchev–Trinajstić information content (AvgIpc) is 1.79. The van der Waals surface area contributed by atoms with Crippen LogP contribution < -0.4 is 0 Å². The predicted octanol–water partition coefficient (Wildman–Crippen LogP) is 1.31. The lowest BCUT2D eigenvalue weighted by Gasteiger charge is -2.38. The maximum Gasteiger partial charge on any atom is 0.0976 e. The van der Waals surface area contributed by atoms with Crippen LogP contribution in [0.15, 0.2) is 0 Å². The minimum Gasteiger partial charge on any atom is -0.380 e. The van der Waals surface area contributed by atoms with E-state index in [0.717, 1.165) is 6.42 Å². The van der Waals surface area contributed by atoms with Crippen molar-refractivity contribution in [2.75, 3.05) is 19.8 Å². The Morgan fingerprint density at radius 3 is 2.44 bits per heavy atom. The molecule has 1 aliphatic heterocycles. The molecule has 0 radical (unpaired) electrons. The summed E-state index contributed by atoms with van der Waals surface area (Å²) in [5.74, 6) is 0. The Hall–Kier alpha value is -0.150. The molecule has 9 heavy (non-hydrogen) atoms. The molecule has 0 amide bonds. The van der Waals surface area contributed by atoms with E-state index in [0.29, 0.717) is 13.2 Å². The molecule has 2 nitrogen and oxygen atoms in total. The highest BCUT2D eigenvalue weighted by atomic mass is 19.3. The van der Waals surface area contributed by atoms with Gasteiger partial charge < -0.3 is 4.74 Å². The molecule has 0 unspecified atom stereocenters. The van der Waals surface area contributed by atoms with Gasteiger partial charge >= 0.3 is 0 Å². The van der Waals surface area contributed by atoms with Gasteiger partial charge in [0.15, 0.2) is 0 Å². The maximum absolute atomic E-state index is 11.3. The summed E-state index contributed by atoms with van der Waals surface area (Å²) in [6.45, 7) is 3.49. The molecule has 1 rings (SSSR count). The zero-order chi connectivity index (χ0) is 6.74. The third-order valence-corrected chi connectivity index (χ3v) is 1.93. The molecule has 0 saturated carbocycles. The first kappa shape index (κ1) is 6.96. The zero-order valence-electron chi connectivity index (χ0n) is 5.52. The Labute approximate surface area is 53.9 Å². The summed E-state index contributed by atoms with van der Waals surface area (Å²) >= 11 is 0. The fourth-order valence-electron chi connectivity index (χ4n) is 0.896. The van der Waals surface area contributed by atoms with Gasteiger partial charge in [-0.05, 0) is 10.9 Å². The lowest BCUT2D eigenvalue weighted by molar-refractivity contribution is -0.222. The standard InChI is InChI=1S/C6H11FO2/c1-2-6(5-9-7)3-8-4-6/h2-5H2,1H3. The third-order valence-electron chi connectivity index (χ3n) is 1.93. The quantitative estimate of drug-likeness (QED) is 0.579. The van der Waals surface area contributed by atoms with Gasteiger partial charge in [-0.1, -0.05) is 6.92 Å². The van der Waals surface area contributed by atoms with Crippen molar-refractivity contribution < 1.29 is 14.2 Å². The van der Waals surface area contributed by atoms with E-state index in [1.54, 1.807) is 0 Å². The Morgan fingerprint density at radius 1 is 1.67 bits per heavy atom. The largest absolute Gasteiger partial charge is 0.380 e. The average molecular weight is 134 g/mol. The van der Waals surface area contributed by atoms with Crippen molar-refractivity contribution in [3.63, 3.8) is 0 Å². The summed E-state index contributed by atoms with van der Waals surface area (Å²) in [6, 6.07) is 0. The monoisotopic (exact) mass is 134 g/mol. The van der Waals surface area contributed by atoms with Gasteiger partial charge in [0.1, 0.15) is 0 Å². The maximum atomic E-state index is 11.3. The molecule has 0 atom stereocenters. The molecule has 3 heteroatoms. The summed E-state index contributed by atoms with van der Waals surface area (Å²) < 4.78 is 16.3. The molecule has 0 N–H and O–H groups in total. The van der Waals surface area contributed by atoms with Gasteiger partial charge in [-0.15, -0.1) is 0 Å². The second-order valence-electron chi connectivity index (χ2n) is 2.60. The van der Waals surface area contributed by atoms with Crippen LogP contribution in [0.4, 0.5) is 4.53 Å². The summed E-state index contributed by atoms with van der Waals surface area (Å²) in [5.41, 5.74) is -0.00521. The fourth-order valence-corrected chi connectivity index (χ4v) is 0.896. The fraction of sp³-hybridized carbons (Fsp3) is 1.00. The lowest BCUT2D eigenvalue weighted by Crippen LogP contribution is -2.45. The SMILES string of the molecule is CCC1(COF)COC1. The molecule has 0 aromatic heterocycles. The first-order valence-electron chi connectivity index (χ1n) is 3.14. The molecule has 0 aromatic carbocycles. The smallest absolute Gasteiger partial charge is 0.0976 e. The number of hydrogen-bond donors (Lipinski definition) is 0. The van der Waals surface area contributed by atoms with Crippen LogP contribution in [0.1, 0.15) is 13.3 Å². The van der Waals surface area contributed by atoms with E-state index in [2.05, 4.69) is 4.94 Å². The van der Waals surface area contributed by atoms with Crippen molar-refractivity contribution in [1.82, 2.24) is 0 Å². The first-order chi connectivity index (χ1) is 4.33. The molecule has 0 aliphatic carbocycles. The van der Waals surface area contributed by atoms with E-state index in [9.17, 15) is 4.53 Å². The highest BCUT2D eigenvalue weighted by Gasteiger charge is 2.37. The van der Waals surface area contributed by atoms with Crippen LogP contribution >= 0.6 is 0 Å². The third kappa shape index (κ3) is 1.22. The molecule has 1 saturated heterocycles. The highest BCUT2D eigenvalue weighted by molar-refractivity contribution is 4.83. The molecule has 0 aromatic rings. The summed E-state index contributed by atoms with van der Waals surface area (Å²) in [6.07, 6.45) is 0.928. The van der Waals surface area contributed by atoms with Crippen LogP contribution in [0.25, 0.3) is 0 Å². The van der Waals surface area contributed by atoms with E-state index < -0.39 is 0 Å². The Balaban J connectivity index is 2.28. The van der Waals surface area contributed by atoms with E-state index in [4.69, 9.17) is 4.74 Å². The predicted molar refractivity (Wildman–Crippen MR) is 30.6 cm³/mol. The van der Waals surface area contributed by atoms with Crippen LogP contribution in [0.2, 0.25) is 0 Å². The van der Waals surface area contributed by atoms with Crippen molar-refractivity contribution in [3.05, 3.63) is 0 Å². The molecule has 0 bridgehead atoms. The van der Waals surface area contributed by atoms with Gasteiger partial charge in [-0.25, -0.2) is 0 Å². The summed E-state index contributed by atoms with van der Waals surface area (Å²) in [7, 11) is 0. The number of ether oxygens (including phenoxy) is 1. The van der Waals surface area contributed by atoms with Crippen LogP contribution in [-0.4, -0.2) is 19.8 Å². The van der Waals surface area contributed by atoms with Crippen LogP contribution in [0, 0.1) is 5.41 Å². The van der Waals surface area contributed by atoms with Crippen molar-refractivity contribution in [2.45, 2.75) is 13.3 Å². The molecule has 1 fully saturated rings. The normalized spacial score (nSPS) is 23.3. The molecule has 0 spiro atoms.